The van der Waals surface area contributed by atoms with Crippen molar-refractivity contribution >= 4 is 28.5 Å². The topological polar surface area (TPSA) is 142 Å². The molecule has 0 spiro atoms. The molecule has 1 aliphatic rings. The van der Waals surface area contributed by atoms with Crippen molar-refractivity contribution in [3.05, 3.63) is 59.4 Å². The van der Waals surface area contributed by atoms with Crippen LogP contribution < -0.4 is 15.0 Å². The lowest BCUT2D eigenvalue weighted by molar-refractivity contribution is -0.120. The summed E-state index contributed by atoms with van der Waals surface area (Å²) in [5, 5.41) is 19.8. The summed E-state index contributed by atoms with van der Waals surface area (Å²) >= 11 is 0. The number of nitrogens with one attached hydrogen (secondary N) is 3. The van der Waals surface area contributed by atoms with Crippen molar-refractivity contribution in [1.29, 1.82) is 0 Å². The van der Waals surface area contributed by atoms with Crippen molar-refractivity contribution in [2.75, 3.05) is 18.6 Å². The minimum atomic E-state index is -0.944. The van der Waals surface area contributed by atoms with E-state index < -0.39 is 11.9 Å². The molecule has 0 unspecified atom stereocenters. The average molecular weight is 452 g/mol. The molecule has 5 rings (SSSR count). The summed E-state index contributed by atoms with van der Waals surface area (Å²) in [5.74, 6) is -0.531. The second kappa shape index (κ2) is 8.65. The Balaban J connectivity index is 0.00000259. The molecule has 2 aromatic carbocycles. The third kappa shape index (κ3) is 4.22. The van der Waals surface area contributed by atoms with E-state index in [-0.39, 0.29) is 31.6 Å². The smallest absolute Gasteiger partial charge is 0.291 e. The summed E-state index contributed by atoms with van der Waals surface area (Å²) in [7, 11) is 1.59. The minimum Gasteiger partial charge on any atom is -0.489 e. The lowest BCUT2D eigenvalue weighted by Crippen LogP contribution is -2.49. The van der Waals surface area contributed by atoms with Crippen molar-refractivity contribution in [2.24, 2.45) is 0 Å². The van der Waals surface area contributed by atoms with Gasteiger partial charge >= 0.3 is 0 Å². The summed E-state index contributed by atoms with van der Waals surface area (Å²) in [6.45, 7) is -0.0713. The Morgan fingerprint density at radius 2 is 1.94 bits per heavy atom. The maximum atomic E-state index is 13.1. The normalized spacial score (nSPS) is 15.4. The second-order valence-corrected chi connectivity index (χ2v) is 7.28. The summed E-state index contributed by atoms with van der Waals surface area (Å²) in [6.07, 6.45) is 0.347. The van der Waals surface area contributed by atoms with E-state index in [1.54, 1.807) is 31.3 Å². The molecule has 170 valence electrons. The molecule has 0 bridgehead atoms. The van der Waals surface area contributed by atoms with Crippen LogP contribution in [0.5, 0.6) is 5.75 Å². The highest BCUT2D eigenvalue weighted by atomic mass is 19.1. The van der Waals surface area contributed by atoms with Gasteiger partial charge in [0.05, 0.1) is 5.69 Å². The molecule has 2 aromatic heterocycles. The number of hydrogen-bond acceptors (Lipinski definition) is 7. The van der Waals surface area contributed by atoms with Crippen LogP contribution in [0.15, 0.2) is 36.4 Å². The zero-order chi connectivity index (χ0) is 22.2. The van der Waals surface area contributed by atoms with Crippen molar-refractivity contribution in [2.45, 2.75) is 19.9 Å². The van der Waals surface area contributed by atoms with Gasteiger partial charge in [-0.15, -0.1) is 5.10 Å². The Labute approximate surface area is 187 Å². The first-order chi connectivity index (χ1) is 15.5. The van der Waals surface area contributed by atoms with Gasteiger partial charge in [-0.05, 0) is 23.8 Å². The van der Waals surface area contributed by atoms with E-state index in [9.17, 15) is 14.0 Å². The van der Waals surface area contributed by atoms with Crippen molar-refractivity contribution < 1.29 is 18.7 Å². The molecule has 3 N–H and O–H groups in total. The lowest BCUT2D eigenvalue weighted by Gasteiger charge is -2.19. The first kappa shape index (κ1) is 21.9. The van der Waals surface area contributed by atoms with Crippen molar-refractivity contribution in [3.63, 3.8) is 0 Å². The molecule has 12 heteroatoms. The number of ether oxygens (including phenoxy) is 1. The number of nitrogens with zero attached hydrogens (tertiary/aromatic N) is 5. The number of aromatic amines is 2. The fourth-order valence-electron chi connectivity index (χ4n) is 3.43. The molecule has 1 atom stereocenters. The number of carbonyl (C=O) groups is 2. The number of amides is 2. The molecule has 0 saturated carbocycles. The van der Waals surface area contributed by atoms with Gasteiger partial charge in [0.2, 0.25) is 5.82 Å². The van der Waals surface area contributed by atoms with Gasteiger partial charge in [-0.3, -0.25) is 14.7 Å². The number of halogens is 1. The predicted molar refractivity (Wildman–Crippen MR) is 116 cm³/mol. The van der Waals surface area contributed by atoms with Crippen LogP contribution in [-0.2, 0) is 11.2 Å². The number of H-pyrrole nitrogens is 2. The van der Waals surface area contributed by atoms with Crippen LogP contribution in [0.1, 0.15) is 29.4 Å². The SMILES string of the molecule is C.CN1C(=O)[C@@H](NC(=O)c2n[nH]c(Cc3ccc(F)cc3)n2)COc2cc3n[nH]nc3cc21. The monoisotopic (exact) mass is 452 g/mol. The van der Waals surface area contributed by atoms with Crippen LogP contribution in [0.3, 0.4) is 0 Å². The van der Waals surface area contributed by atoms with Gasteiger partial charge in [0.1, 0.15) is 41.1 Å². The highest BCUT2D eigenvalue weighted by Gasteiger charge is 2.32. The minimum absolute atomic E-state index is 0. The number of carbonyl (C=O) groups excluding carboxylic acids is 2. The van der Waals surface area contributed by atoms with E-state index in [1.807, 2.05) is 0 Å². The van der Waals surface area contributed by atoms with Gasteiger partial charge in [-0.2, -0.15) is 15.4 Å². The highest BCUT2D eigenvalue weighted by Crippen LogP contribution is 2.33. The number of aromatic nitrogens is 6. The Morgan fingerprint density at radius 3 is 2.70 bits per heavy atom. The Kier molecular flexibility index (Phi) is 5.73. The lowest BCUT2D eigenvalue weighted by atomic mass is 10.1. The third-order valence-electron chi connectivity index (χ3n) is 5.12. The standard InChI is InChI=1S/C20H17FN8O3.CH4/c1-29-15-7-12-13(25-28-24-12)8-16(15)32-9-14(20(29)31)22-19(30)18-23-17(26-27-18)6-10-2-4-11(21)5-3-10;/h2-5,7-8,14H,6,9H2,1H3,(H,22,30)(H,23,26,27)(H,24,25,28);1H4/t14-;/m0./s1. The first-order valence-electron chi connectivity index (χ1n) is 9.69. The van der Waals surface area contributed by atoms with E-state index in [4.69, 9.17) is 4.74 Å². The van der Waals surface area contributed by atoms with Crippen LogP contribution in [0, 0.1) is 5.82 Å². The first-order valence-corrected chi connectivity index (χ1v) is 9.69. The predicted octanol–water partition coefficient (Wildman–Crippen LogP) is 1.60. The zero-order valence-corrected chi connectivity index (χ0v) is 16.8. The van der Waals surface area contributed by atoms with Gasteiger partial charge in [0.15, 0.2) is 0 Å². The summed E-state index contributed by atoms with van der Waals surface area (Å²) in [6, 6.07) is 8.36. The van der Waals surface area contributed by atoms with Crippen LogP contribution in [0.25, 0.3) is 11.0 Å². The van der Waals surface area contributed by atoms with Crippen molar-refractivity contribution in [1.82, 2.24) is 35.9 Å². The van der Waals surface area contributed by atoms with Gasteiger partial charge in [-0.1, -0.05) is 19.6 Å². The van der Waals surface area contributed by atoms with E-state index in [2.05, 4.69) is 35.9 Å². The van der Waals surface area contributed by atoms with Gasteiger partial charge in [0.25, 0.3) is 11.8 Å². The molecule has 33 heavy (non-hydrogen) atoms. The van der Waals surface area contributed by atoms with Gasteiger partial charge < -0.3 is 15.0 Å². The Morgan fingerprint density at radius 1 is 1.21 bits per heavy atom. The number of likely N-dealkylation sites (N-methyl/N-ethyl adjacent to an activating group) is 1. The molecule has 0 fully saturated rings. The number of fused-ring (bicyclic) bond motifs is 2. The quantitative estimate of drug-likeness (QED) is 0.427. The van der Waals surface area contributed by atoms with Gasteiger partial charge in [0, 0.05) is 19.5 Å². The molecule has 1 aliphatic heterocycles. The van der Waals surface area contributed by atoms with E-state index in [0.29, 0.717) is 34.7 Å². The molecule has 2 amide bonds. The summed E-state index contributed by atoms with van der Waals surface area (Å²) < 4.78 is 18.8. The second-order valence-electron chi connectivity index (χ2n) is 7.28. The van der Waals surface area contributed by atoms with E-state index >= 15 is 0 Å². The maximum absolute atomic E-state index is 13.1. The zero-order valence-electron chi connectivity index (χ0n) is 16.8. The molecule has 3 heterocycles. The van der Waals surface area contributed by atoms with E-state index in [0.717, 1.165) is 5.56 Å². The summed E-state index contributed by atoms with van der Waals surface area (Å²) in [4.78, 5) is 31.2. The number of anilines is 1. The molecule has 11 nitrogen and oxygen atoms in total. The highest BCUT2D eigenvalue weighted by molar-refractivity contribution is 6.03. The van der Waals surface area contributed by atoms with E-state index in [1.165, 1.54) is 17.0 Å². The molecule has 0 aliphatic carbocycles. The van der Waals surface area contributed by atoms with Crippen LogP contribution in [-0.4, -0.2) is 62.1 Å². The summed E-state index contributed by atoms with van der Waals surface area (Å²) in [5.41, 5.74) is 2.51. The molecule has 0 radical (unpaired) electrons. The third-order valence-corrected chi connectivity index (χ3v) is 5.12. The largest absolute Gasteiger partial charge is 0.489 e. The Bertz CT molecular complexity index is 1320. The van der Waals surface area contributed by atoms with Crippen LogP contribution in [0.4, 0.5) is 10.1 Å². The average Bonchev–Trinajstić information content (AvgIpc) is 3.43. The van der Waals surface area contributed by atoms with Gasteiger partial charge in [-0.25, -0.2) is 9.37 Å². The number of rotatable bonds is 4. The molecule has 0 saturated heterocycles. The molecular weight excluding hydrogens is 431 g/mol. The number of hydrogen-bond donors (Lipinski definition) is 3. The molecule has 4 aromatic rings. The Hall–Kier alpha value is -4.35. The molecular formula is C21H21FN8O3. The number of benzene rings is 2. The van der Waals surface area contributed by atoms with Crippen molar-refractivity contribution in [3.8, 4) is 5.75 Å². The maximum Gasteiger partial charge on any atom is 0.291 e. The fourth-order valence-corrected chi connectivity index (χ4v) is 3.43. The van der Waals surface area contributed by atoms with Crippen LogP contribution >= 0.6 is 0 Å². The fraction of sp³-hybridized carbons (Fsp3) is 0.238. The van der Waals surface area contributed by atoms with Crippen LogP contribution in [0.2, 0.25) is 0 Å².